The molecule has 0 atom stereocenters. The molecule has 0 amide bonds. The van der Waals surface area contributed by atoms with Crippen molar-refractivity contribution < 1.29 is 13.2 Å². The van der Waals surface area contributed by atoms with Crippen LogP contribution in [-0.4, -0.2) is 33.6 Å². The minimum atomic E-state index is -2.90. The molecule has 4 heteroatoms. The summed E-state index contributed by atoms with van der Waals surface area (Å²) >= 11 is 0. The lowest BCUT2D eigenvalue weighted by Gasteiger charge is -2.17. The quantitative estimate of drug-likeness (QED) is 0.687. The molecule has 3 nitrogen and oxygen atoms in total. The Morgan fingerprint density at radius 3 is 2.08 bits per heavy atom. The minimum Gasteiger partial charge on any atom is -0.384 e. The normalized spacial score (nSPS) is 13.2. The van der Waals surface area contributed by atoms with Crippen molar-refractivity contribution in [3.63, 3.8) is 0 Å². The maximum Gasteiger partial charge on any atom is 0.152 e. The van der Waals surface area contributed by atoms with Gasteiger partial charge in [0.05, 0.1) is 18.1 Å². The maximum atomic E-state index is 11.4. The number of sulfone groups is 1. The molecule has 0 aliphatic carbocycles. The zero-order chi connectivity index (χ0) is 10.5. The van der Waals surface area contributed by atoms with Gasteiger partial charge < -0.3 is 4.74 Å². The van der Waals surface area contributed by atoms with Gasteiger partial charge in [-0.05, 0) is 11.8 Å². The van der Waals surface area contributed by atoms with Crippen LogP contribution < -0.4 is 0 Å². The molecule has 0 unspecified atom stereocenters. The summed E-state index contributed by atoms with van der Waals surface area (Å²) in [5.41, 5.74) is 0.0835. The van der Waals surface area contributed by atoms with E-state index in [0.29, 0.717) is 13.0 Å². The fourth-order valence-electron chi connectivity index (χ4n) is 0.774. The average molecular weight is 208 g/mol. The zero-order valence-electron chi connectivity index (χ0n) is 8.96. The highest BCUT2D eigenvalue weighted by Crippen LogP contribution is 2.19. The van der Waals surface area contributed by atoms with Gasteiger partial charge in [0.2, 0.25) is 0 Å². The van der Waals surface area contributed by atoms with Crippen molar-refractivity contribution in [1.82, 2.24) is 0 Å². The lowest BCUT2D eigenvalue weighted by Crippen LogP contribution is -2.19. The van der Waals surface area contributed by atoms with Gasteiger partial charge in [-0.2, -0.15) is 0 Å². The van der Waals surface area contributed by atoms with Gasteiger partial charge in [0.15, 0.2) is 9.84 Å². The van der Waals surface area contributed by atoms with E-state index in [1.54, 1.807) is 0 Å². The first-order valence-corrected chi connectivity index (χ1v) is 6.28. The average Bonchev–Trinajstić information content (AvgIpc) is 1.97. The fourth-order valence-corrected chi connectivity index (χ4v) is 2.32. The third-order valence-corrected chi connectivity index (χ3v) is 3.38. The number of methoxy groups -OCH3 is 1. The summed E-state index contributed by atoms with van der Waals surface area (Å²) in [5.74, 6) is 0.402. The van der Waals surface area contributed by atoms with Crippen LogP contribution in [0.2, 0.25) is 0 Å². The third kappa shape index (κ3) is 8.25. The molecule has 0 saturated heterocycles. The molecule has 0 radical (unpaired) electrons. The van der Waals surface area contributed by atoms with E-state index in [0.717, 1.165) is 0 Å². The van der Waals surface area contributed by atoms with Gasteiger partial charge in [-0.15, -0.1) is 0 Å². The monoisotopic (exact) mass is 208 g/mol. The molecule has 0 aliphatic heterocycles. The molecule has 0 saturated carbocycles. The molecule has 0 fully saturated rings. The van der Waals surface area contributed by atoms with Crippen LogP contribution in [0.5, 0.6) is 0 Å². The molecule has 0 rings (SSSR count). The molecular weight excluding hydrogens is 188 g/mol. The van der Waals surface area contributed by atoms with Crippen molar-refractivity contribution in [2.75, 3.05) is 25.2 Å². The summed E-state index contributed by atoms with van der Waals surface area (Å²) < 4.78 is 27.4. The Morgan fingerprint density at radius 1 is 1.15 bits per heavy atom. The molecule has 80 valence electrons. The summed E-state index contributed by atoms with van der Waals surface area (Å²) in [4.78, 5) is 0. The first-order valence-electron chi connectivity index (χ1n) is 4.46. The summed E-state index contributed by atoms with van der Waals surface area (Å²) in [5, 5.41) is 0. The minimum absolute atomic E-state index is 0.0835. The van der Waals surface area contributed by atoms with E-state index in [9.17, 15) is 8.42 Å². The number of hydrogen-bond acceptors (Lipinski definition) is 3. The van der Waals surface area contributed by atoms with E-state index < -0.39 is 9.84 Å². The Kier molecular flexibility index (Phi) is 4.92. The summed E-state index contributed by atoms with van der Waals surface area (Å²) in [7, 11) is -1.39. The molecule has 0 N–H and O–H groups in total. The van der Waals surface area contributed by atoms with Crippen LogP contribution in [-0.2, 0) is 14.6 Å². The van der Waals surface area contributed by atoms with Crippen molar-refractivity contribution in [1.29, 1.82) is 0 Å². The topological polar surface area (TPSA) is 43.4 Å². The molecule has 0 aliphatic rings. The van der Waals surface area contributed by atoms with Crippen molar-refractivity contribution in [3.8, 4) is 0 Å². The standard InChI is InChI=1S/C9H20O3S/c1-9(2,3)5-7-13(10,11)8-6-12-4/h5-8H2,1-4H3. The Morgan fingerprint density at radius 2 is 1.69 bits per heavy atom. The number of ether oxygens (including phenoxy) is 1. The molecule has 13 heavy (non-hydrogen) atoms. The van der Waals surface area contributed by atoms with Gasteiger partial charge in [-0.25, -0.2) is 8.42 Å². The highest BCUT2D eigenvalue weighted by atomic mass is 32.2. The van der Waals surface area contributed by atoms with E-state index in [2.05, 4.69) is 0 Å². The van der Waals surface area contributed by atoms with Gasteiger partial charge in [-0.3, -0.25) is 0 Å². The van der Waals surface area contributed by atoms with Gasteiger partial charge >= 0.3 is 0 Å². The van der Waals surface area contributed by atoms with Crippen molar-refractivity contribution >= 4 is 9.84 Å². The van der Waals surface area contributed by atoms with Crippen molar-refractivity contribution in [2.45, 2.75) is 27.2 Å². The van der Waals surface area contributed by atoms with E-state index in [1.807, 2.05) is 20.8 Å². The summed E-state index contributed by atoms with van der Waals surface area (Å²) in [6, 6.07) is 0. The fraction of sp³-hybridized carbons (Fsp3) is 1.00. The highest BCUT2D eigenvalue weighted by molar-refractivity contribution is 7.91. The van der Waals surface area contributed by atoms with Crippen LogP contribution >= 0.6 is 0 Å². The molecule has 0 aromatic heterocycles. The van der Waals surface area contributed by atoms with E-state index >= 15 is 0 Å². The van der Waals surface area contributed by atoms with Crippen LogP contribution in [0.4, 0.5) is 0 Å². The largest absolute Gasteiger partial charge is 0.384 e. The molecule has 0 aromatic carbocycles. The Hall–Kier alpha value is -0.0900. The second-order valence-electron chi connectivity index (χ2n) is 4.46. The van der Waals surface area contributed by atoms with E-state index in [1.165, 1.54) is 7.11 Å². The SMILES string of the molecule is COCCS(=O)(=O)CCC(C)(C)C. The Labute approximate surface area is 81.4 Å². The van der Waals surface area contributed by atoms with Gasteiger partial charge in [0.1, 0.15) is 0 Å². The summed E-state index contributed by atoms with van der Waals surface area (Å²) in [6.07, 6.45) is 0.707. The van der Waals surface area contributed by atoms with Crippen LogP contribution in [0, 0.1) is 5.41 Å². The van der Waals surface area contributed by atoms with Crippen molar-refractivity contribution in [3.05, 3.63) is 0 Å². The smallest absolute Gasteiger partial charge is 0.152 e. The van der Waals surface area contributed by atoms with Gasteiger partial charge in [0, 0.05) is 7.11 Å². The predicted molar refractivity (Wildman–Crippen MR) is 54.6 cm³/mol. The zero-order valence-corrected chi connectivity index (χ0v) is 9.78. The highest BCUT2D eigenvalue weighted by Gasteiger charge is 2.16. The lowest BCUT2D eigenvalue weighted by molar-refractivity contribution is 0.217. The lowest BCUT2D eigenvalue weighted by atomic mass is 9.94. The second-order valence-corrected chi connectivity index (χ2v) is 6.76. The molecule has 0 spiro atoms. The molecule has 0 bridgehead atoms. The second kappa shape index (κ2) is 4.96. The number of hydrogen-bond donors (Lipinski definition) is 0. The maximum absolute atomic E-state index is 11.4. The van der Waals surface area contributed by atoms with Crippen LogP contribution in [0.25, 0.3) is 0 Å². The molecule has 0 heterocycles. The van der Waals surface area contributed by atoms with Gasteiger partial charge in [0.25, 0.3) is 0 Å². The van der Waals surface area contributed by atoms with Crippen LogP contribution in [0.3, 0.4) is 0 Å². The Balaban J connectivity index is 3.91. The van der Waals surface area contributed by atoms with Gasteiger partial charge in [-0.1, -0.05) is 20.8 Å². The first-order chi connectivity index (χ1) is 5.77. The first kappa shape index (κ1) is 12.9. The Bertz CT molecular complexity index is 224. The molecule has 0 aromatic rings. The summed E-state index contributed by atoms with van der Waals surface area (Å²) in [6.45, 7) is 6.42. The predicted octanol–water partition coefficient (Wildman–Crippen LogP) is 1.48. The van der Waals surface area contributed by atoms with Crippen LogP contribution in [0.15, 0.2) is 0 Å². The third-order valence-electron chi connectivity index (χ3n) is 1.76. The van der Waals surface area contributed by atoms with Crippen molar-refractivity contribution in [2.24, 2.45) is 5.41 Å². The van der Waals surface area contributed by atoms with E-state index in [4.69, 9.17) is 4.74 Å². The molecular formula is C9H20O3S. The van der Waals surface area contributed by atoms with Crippen LogP contribution in [0.1, 0.15) is 27.2 Å². The number of rotatable bonds is 5. The van der Waals surface area contributed by atoms with E-state index in [-0.39, 0.29) is 16.9 Å².